The number of hydrogen-bond acceptors (Lipinski definition) is 1. The summed E-state index contributed by atoms with van der Waals surface area (Å²) >= 11 is 1.68. The summed E-state index contributed by atoms with van der Waals surface area (Å²) in [7, 11) is 0. The Kier molecular flexibility index (Phi) is 2.87. The van der Waals surface area contributed by atoms with Crippen molar-refractivity contribution in [1.29, 1.82) is 0 Å². The van der Waals surface area contributed by atoms with E-state index >= 15 is 0 Å². The summed E-state index contributed by atoms with van der Waals surface area (Å²) in [5.41, 5.74) is 0. The molecule has 1 aromatic heterocycles. The van der Waals surface area contributed by atoms with Gasteiger partial charge in [-0.1, -0.05) is 36.4 Å². The van der Waals surface area contributed by atoms with E-state index in [-0.39, 0.29) is 0 Å². The van der Waals surface area contributed by atoms with E-state index in [1.165, 1.54) is 0 Å². The third kappa shape index (κ3) is 2.88. The van der Waals surface area contributed by atoms with E-state index in [9.17, 15) is 0 Å². The summed E-state index contributed by atoms with van der Waals surface area (Å²) in [6.45, 7) is 0. The van der Waals surface area contributed by atoms with Crippen molar-refractivity contribution in [3.63, 3.8) is 0 Å². The molecule has 0 aliphatic carbocycles. The Hall–Kier alpha value is -0.820. The minimum Gasteiger partial charge on any atom is -0.152 e. The summed E-state index contributed by atoms with van der Waals surface area (Å²) < 4.78 is 0. The molecule has 0 atom stereocenters. The third-order valence-corrected chi connectivity index (χ3v) is 1.50. The molecule has 1 aromatic rings. The lowest BCUT2D eigenvalue weighted by Crippen LogP contribution is -1.38. The van der Waals surface area contributed by atoms with Gasteiger partial charge in [-0.2, -0.15) is 11.3 Å². The van der Waals surface area contributed by atoms with Gasteiger partial charge in [0.05, 0.1) is 0 Å². The van der Waals surface area contributed by atoms with Gasteiger partial charge in [0.25, 0.3) is 0 Å². The Morgan fingerprint density at radius 2 is 1.00 bits per heavy atom. The standard InChI is InChI=1S/C8H8S/c1-2-4-6-8-9-7-5-3-1/h1-8H. The van der Waals surface area contributed by atoms with Crippen molar-refractivity contribution in [2.45, 2.75) is 0 Å². The highest BCUT2D eigenvalue weighted by Crippen LogP contribution is 1.88. The molecule has 0 amide bonds. The van der Waals surface area contributed by atoms with Gasteiger partial charge in [0.1, 0.15) is 0 Å². The molecule has 46 valence electrons. The quantitative estimate of drug-likeness (QED) is 0.514. The first kappa shape index (κ1) is 6.30. The van der Waals surface area contributed by atoms with Crippen LogP contribution in [0.25, 0.3) is 0 Å². The van der Waals surface area contributed by atoms with Gasteiger partial charge in [0.15, 0.2) is 0 Å². The van der Waals surface area contributed by atoms with Crippen LogP contribution in [-0.4, -0.2) is 0 Å². The predicted molar refractivity (Wildman–Crippen MR) is 41.9 cm³/mol. The van der Waals surface area contributed by atoms with E-state index in [1.807, 2.05) is 47.2 Å². The van der Waals surface area contributed by atoms with Crippen molar-refractivity contribution in [3.05, 3.63) is 47.2 Å². The molecule has 0 aliphatic rings. The Balaban J connectivity index is 3.04. The Morgan fingerprint density at radius 1 is 0.556 bits per heavy atom. The van der Waals surface area contributed by atoms with Crippen LogP contribution in [0.15, 0.2) is 47.2 Å². The average Bonchev–Trinajstić information content (AvgIpc) is 2.00. The SMILES string of the molecule is c1ccccsccc1. The predicted octanol–water partition coefficient (Wildman–Crippen LogP) is 2.87. The lowest BCUT2D eigenvalue weighted by atomic mass is 10.5. The maximum Gasteiger partial charge on any atom is -0.00937 e. The minimum atomic E-state index is 1.68. The Morgan fingerprint density at radius 3 is 1.56 bits per heavy atom. The van der Waals surface area contributed by atoms with Gasteiger partial charge < -0.3 is 0 Å². The summed E-state index contributed by atoms with van der Waals surface area (Å²) in [6, 6.07) is 12.1. The Bertz CT molecular complexity index is 126. The molecule has 1 rings (SSSR count). The molecule has 0 N–H and O–H groups in total. The fraction of sp³-hybridized carbons (Fsp3) is 0. The van der Waals surface area contributed by atoms with Crippen molar-refractivity contribution in [1.82, 2.24) is 0 Å². The van der Waals surface area contributed by atoms with Crippen LogP contribution in [0.1, 0.15) is 0 Å². The summed E-state index contributed by atoms with van der Waals surface area (Å²) in [5, 5.41) is 4.08. The summed E-state index contributed by atoms with van der Waals surface area (Å²) in [4.78, 5) is 0. The molecule has 0 radical (unpaired) electrons. The maximum absolute atomic E-state index is 2.04. The molecule has 0 saturated heterocycles. The van der Waals surface area contributed by atoms with E-state index in [4.69, 9.17) is 0 Å². The second-order valence-corrected chi connectivity index (χ2v) is 2.38. The molecule has 0 aromatic carbocycles. The van der Waals surface area contributed by atoms with Gasteiger partial charge in [-0.3, -0.25) is 0 Å². The van der Waals surface area contributed by atoms with Gasteiger partial charge >= 0.3 is 0 Å². The molecule has 0 unspecified atom stereocenters. The molecule has 0 spiro atoms. The van der Waals surface area contributed by atoms with Crippen molar-refractivity contribution in [2.24, 2.45) is 0 Å². The molecular formula is C8H8S. The Labute approximate surface area is 59.1 Å². The third-order valence-electron chi connectivity index (χ3n) is 0.870. The van der Waals surface area contributed by atoms with E-state index in [1.54, 1.807) is 11.3 Å². The number of hydrogen-bond donors (Lipinski definition) is 0. The monoisotopic (exact) mass is 136 g/mol. The van der Waals surface area contributed by atoms with Crippen molar-refractivity contribution in [2.75, 3.05) is 0 Å². The highest BCUT2D eigenvalue weighted by molar-refractivity contribution is 7.07. The molecular weight excluding hydrogens is 128 g/mol. The largest absolute Gasteiger partial charge is 0.152 e. The molecule has 1 heterocycles. The topological polar surface area (TPSA) is 0 Å². The van der Waals surface area contributed by atoms with Crippen LogP contribution >= 0.6 is 11.3 Å². The molecule has 9 heavy (non-hydrogen) atoms. The van der Waals surface area contributed by atoms with Crippen LogP contribution in [-0.2, 0) is 0 Å². The first-order valence-corrected chi connectivity index (χ1v) is 3.75. The normalized spacial score (nSPS) is 8.00. The molecule has 1 heteroatoms. The van der Waals surface area contributed by atoms with E-state index in [0.29, 0.717) is 0 Å². The highest BCUT2D eigenvalue weighted by Gasteiger charge is 1.58. The zero-order valence-electron chi connectivity index (χ0n) is 5.03. The lowest BCUT2D eigenvalue weighted by Gasteiger charge is -1.59. The van der Waals surface area contributed by atoms with Crippen LogP contribution < -0.4 is 0 Å². The zero-order chi connectivity index (χ0) is 6.36. The van der Waals surface area contributed by atoms with Crippen LogP contribution in [0, 0.1) is 0 Å². The number of rotatable bonds is 0. The second-order valence-electron chi connectivity index (χ2n) is 1.56. The first-order chi connectivity index (χ1) is 4.50. The van der Waals surface area contributed by atoms with Crippen LogP contribution in [0.5, 0.6) is 0 Å². The van der Waals surface area contributed by atoms with Gasteiger partial charge in [-0.05, 0) is 10.8 Å². The molecule has 0 bridgehead atoms. The van der Waals surface area contributed by atoms with Gasteiger partial charge in [0, 0.05) is 0 Å². The van der Waals surface area contributed by atoms with E-state index < -0.39 is 0 Å². The van der Waals surface area contributed by atoms with Gasteiger partial charge in [-0.15, -0.1) is 0 Å². The fourth-order valence-corrected chi connectivity index (χ4v) is 0.937. The fourth-order valence-electron chi connectivity index (χ4n) is 0.483. The maximum atomic E-state index is 2.04. The first-order valence-electron chi connectivity index (χ1n) is 2.80. The summed E-state index contributed by atoms with van der Waals surface area (Å²) in [5.74, 6) is 0. The molecule has 0 nitrogen and oxygen atoms in total. The molecule has 0 fully saturated rings. The van der Waals surface area contributed by atoms with Crippen molar-refractivity contribution in [3.8, 4) is 0 Å². The van der Waals surface area contributed by atoms with Crippen LogP contribution in [0.4, 0.5) is 0 Å². The second kappa shape index (κ2) is 4.10. The van der Waals surface area contributed by atoms with E-state index in [0.717, 1.165) is 0 Å². The zero-order valence-corrected chi connectivity index (χ0v) is 5.84. The smallest absolute Gasteiger partial charge is 0.00937 e. The highest BCUT2D eigenvalue weighted by atomic mass is 32.1. The van der Waals surface area contributed by atoms with Crippen molar-refractivity contribution < 1.29 is 0 Å². The minimum absolute atomic E-state index is 1.68. The van der Waals surface area contributed by atoms with Gasteiger partial charge in [-0.25, -0.2) is 0 Å². The average molecular weight is 136 g/mol. The molecule has 0 saturated carbocycles. The van der Waals surface area contributed by atoms with Crippen molar-refractivity contribution >= 4 is 11.3 Å². The summed E-state index contributed by atoms with van der Waals surface area (Å²) in [6.07, 6.45) is 0. The van der Waals surface area contributed by atoms with Crippen LogP contribution in [0.2, 0.25) is 0 Å². The van der Waals surface area contributed by atoms with Crippen LogP contribution in [0.3, 0.4) is 0 Å². The van der Waals surface area contributed by atoms with Gasteiger partial charge in [0.2, 0.25) is 0 Å². The molecule has 0 aliphatic heterocycles. The lowest BCUT2D eigenvalue weighted by molar-refractivity contribution is 1.82. The van der Waals surface area contributed by atoms with E-state index in [2.05, 4.69) is 0 Å².